The zero-order chi connectivity index (χ0) is 27.3. The summed E-state index contributed by atoms with van der Waals surface area (Å²) in [6.45, 7) is 1.10. The maximum atomic E-state index is 15.6. The van der Waals surface area contributed by atoms with Gasteiger partial charge < -0.3 is 15.1 Å². The molecule has 3 fully saturated rings. The van der Waals surface area contributed by atoms with Crippen LogP contribution in [-0.2, 0) is 30.5 Å². The number of amidine groups is 1. The highest BCUT2D eigenvalue weighted by Crippen LogP contribution is 2.47. The van der Waals surface area contributed by atoms with Gasteiger partial charge in [0, 0.05) is 27.7 Å². The van der Waals surface area contributed by atoms with Crippen LogP contribution in [0.4, 0.5) is 8.78 Å². The molecule has 2 saturated heterocycles. The third-order valence-electron chi connectivity index (χ3n) is 7.52. The summed E-state index contributed by atoms with van der Waals surface area (Å²) in [7, 11) is 4.22. The molecule has 4 amide bonds. The molecule has 1 saturated carbocycles. The number of alkyl halides is 1. The Balaban J connectivity index is 1.70. The first-order valence-corrected chi connectivity index (χ1v) is 11.9. The van der Waals surface area contributed by atoms with E-state index in [1.54, 1.807) is 13.0 Å². The Labute approximate surface area is 212 Å². The van der Waals surface area contributed by atoms with E-state index in [0.29, 0.717) is 11.1 Å². The van der Waals surface area contributed by atoms with Crippen molar-refractivity contribution in [3.05, 3.63) is 35.1 Å². The van der Waals surface area contributed by atoms with Crippen LogP contribution in [0, 0.1) is 12.7 Å². The van der Waals surface area contributed by atoms with E-state index in [1.807, 2.05) is 0 Å². The standard InChI is InChI=1S/C25H29F2N5O5/c1-14-11-15(5-6-16(14)26)12-28-19(34)17-18(33)20(35)32-13-24(27)7-9-25(10-8-24,23(32)29-17)31(4)22(37)21(36)30(2)3/h5-6,11,17H,7-10,12-13H2,1-4H3,(H,28,34). The van der Waals surface area contributed by atoms with Gasteiger partial charge in [-0.15, -0.1) is 0 Å². The third kappa shape index (κ3) is 4.49. The number of likely N-dealkylation sites (N-methyl/N-ethyl adjacent to an activating group) is 2. The molecule has 1 unspecified atom stereocenters. The number of nitrogens with one attached hydrogen (secondary N) is 1. The maximum absolute atomic E-state index is 15.6. The van der Waals surface area contributed by atoms with Crippen molar-refractivity contribution >= 4 is 35.2 Å². The van der Waals surface area contributed by atoms with Crippen LogP contribution < -0.4 is 5.32 Å². The van der Waals surface area contributed by atoms with E-state index in [1.165, 1.54) is 33.3 Å². The lowest BCUT2D eigenvalue weighted by Gasteiger charge is -2.46. The Kier molecular flexibility index (Phi) is 6.63. The Hall–Kier alpha value is -3.70. The molecule has 0 radical (unpaired) electrons. The molecule has 1 N–H and O–H groups in total. The van der Waals surface area contributed by atoms with Gasteiger partial charge in [-0.1, -0.05) is 12.1 Å². The number of nitrogens with zero attached hydrogens (tertiary/aromatic N) is 4. The van der Waals surface area contributed by atoms with Crippen LogP contribution in [0.2, 0.25) is 0 Å². The fraction of sp³-hybridized carbons (Fsp3) is 0.520. The summed E-state index contributed by atoms with van der Waals surface area (Å²) < 4.78 is 29.1. The van der Waals surface area contributed by atoms with Gasteiger partial charge in [-0.3, -0.25) is 28.9 Å². The zero-order valence-electron chi connectivity index (χ0n) is 21.1. The predicted octanol–water partition coefficient (Wildman–Crippen LogP) is 0.510. The number of rotatable bonds is 4. The summed E-state index contributed by atoms with van der Waals surface area (Å²) in [5.41, 5.74) is -2.19. The number of aryl methyl sites for hydroxylation is 1. The Morgan fingerprint density at radius 2 is 1.76 bits per heavy atom. The largest absolute Gasteiger partial charge is 0.350 e. The van der Waals surface area contributed by atoms with Gasteiger partial charge in [-0.2, -0.15) is 0 Å². The average Bonchev–Trinajstić information content (AvgIpc) is 3.07. The summed E-state index contributed by atoms with van der Waals surface area (Å²) in [4.78, 5) is 72.1. The molecule has 5 rings (SSSR count). The van der Waals surface area contributed by atoms with Gasteiger partial charge in [0.2, 0.25) is 0 Å². The number of carbonyl (C=O) groups excluding carboxylic acids is 5. The molecule has 1 aliphatic carbocycles. The van der Waals surface area contributed by atoms with Crippen LogP contribution in [-0.4, -0.2) is 94.9 Å². The summed E-state index contributed by atoms with van der Waals surface area (Å²) in [5, 5.41) is 2.55. The number of aliphatic imine (C=N–C) groups is 1. The third-order valence-corrected chi connectivity index (χ3v) is 7.52. The van der Waals surface area contributed by atoms with E-state index in [4.69, 9.17) is 0 Å². The van der Waals surface area contributed by atoms with Gasteiger partial charge in [-0.05, 0) is 49.8 Å². The number of benzene rings is 1. The fourth-order valence-electron chi connectivity index (χ4n) is 5.19. The first-order chi connectivity index (χ1) is 17.3. The van der Waals surface area contributed by atoms with E-state index in [0.717, 1.165) is 14.7 Å². The lowest BCUT2D eigenvalue weighted by atomic mass is 9.75. The van der Waals surface area contributed by atoms with Crippen LogP contribution in [0.15, 0.2) is 23.2 Å². The van der Waals surface area contributed by atoms with Crippen molar-refractivity contribution in [3.63, 3.8) is 0 Å². The molecule has 37 heavy (non-hydrogen) atoms. The molecule has 0 spiro atoms. The molecular weight excluding hydrogens is 488 g/mol. The number of Topliss-reactive ketones (excluding diaryl/α,β-unsaturated/α-hetero) is 1. The smallest absolute Gasteiger partial charge is 0.312 e. The van der Waals surface area contributed by atoms with E-state index >= 15 is 4.39 Å². The summed E-state index contributed by atoms with van der Waals surface area (Å²) in [6.07, 6.45) is 0.0932. The predicted molar refractivity (Wildman–Crippen MR) is 127 cm³/mol. The van der Waals surface area contributed by atoms with E-state index in [9.17, 15) is 28.4 Å². The highest BCUT2D eigenvalue weighted by molar-refractivity contribution is 6.46. The number of carbonyl (C=O) groups is 5. The van der Waals surface area contributed by atoms with Crippen molar-refractivity contribution in [2.75, 3.05) is 27.7 Å². The molecule has 0 aromatic heterocycles. The van der Waals surface area contributed by atoms with Crippen LogP contribution in [0.1, 0.15) is 36.8 Å². The zero-order valence-corrected chi connectivity index (χ0v) is 21.1. The quantitative estimate of drug-likeness (QED) is 0.461. The fourth-order valence-corrected chi connectivity index (χ4v) is 5.19. The Morgan fingerprint density at radius 1 is 1.11 bits per heavy atom. The van der Waals surface area contributed by atoms with Gasteiger partial charge in [0.15, 0.2) is 6.04 Å². The van der Waals surface area contributed by atoms with Gasteiger partial charge in [0.25, 0.3) is 17.6 Å². The molecule has 12 heteroatoms. The monoisotopic (exact) mass is 517 g/mol. The van der Waals surface area contributed by atoms with Gasteiger partial charge in [-0.25, -0.2) is 13.8 Å². The number of hydrogen-bond acceptors (Lipinski definition) is 6. The van der Waals surface area contributed by atoms with Crippen LogP contribution in [0.5, 0.6) is 0 Å². The van der Waals surface area contributed by atoms with Crippen LogP contribution >= 0.6 is 0 Å². The molecule has 3 heterocycles. The van der Waals surface area contributed by atoms with E-state index in [-0.39, 0.29) is 38.1 Å². The van der Waals surface area contributed by atoms with Crippen molar-refractivity contribution in [2.45, 2.75) is 56.4 Å². The number of hydrogen-bond donors (Lipinski definition) is 1. The van der Waals surface area contributed by atoms with Crippen molar-refractivity contribution in [3.8, 4) is 0 Å². The highest BCUT2D eigenvalue weighted by atomic mass is 19.1. The lowest BCUT2D eigenvalue weighted by molar-refractivity contribution is -0.152. The Morgan fingerprint density at radius 3 is 2.35 bits per heavy atom. The lowest BCUT2D eigenvalue weighted by Crippen LogP contribution is -2.65. The summed E-state index contributed by atoms with van der Waals surface area (Å²) >= 11 is 0. The minimum atomic E-state index is -1.79. The number of ketones is 1. The minimum Gasteiger partial charge on any atom is -0.350 e. The Bertz CT molecular complexity index is 1220. The first-order valence-electron chi connectivity index (χ1n) is 11.9. The first kappa shape index (κ1) is 26.4. The summed E-state index contributed by atoms with van der Waals surface area (Å²) in [6, 6.07) is 2.54. The van der Waals surface area contributed by atoms with Crippen LogP contribution in [0.25, 0.3) is 0 Å². The van der Waals surface area contributed by atoms with Crippen molar-refractivity contribution < 1.29 is 32.8 Å². The van der Waals surface area contributed by atoms with Crippen molar-refractivity contribution in [2.24, 2.45) is 4.99 Å². The summed E-state index contributed by atoms with van der Waals surface area (Å²) in [5.74, 6) is -5.21. The van der Waals surface area contributed by atoms with Crippen LogP contribution in [0.3, 0.4) is 0 Å². The molecule has 1 aromatic carbocycles. The molecule has 198 valence electrons. The highest BCUT2D eigenvalue weighted by Gasteiger charge is 2.60. The average molecular weight is 518 g/mol. The molecule has 10 nitrogen and oxygen atoms in total. The molecule has 2 bridgehead atoms. The van der Waals surface area contributed by atoms with Gasteiger partial charge in [0.05, 0.1) is 6.54 Å². The molecule has 1 atom stereocenters. The van der Waals surface area contributed by atoms with Gasteiger partial charge in [0.1, 0.15) is 22.9 Å². The number of amides is 4. The topological polar surface area (TPSA) is 119 Å². The maximum Gasteiger partial charge on any atom is 0.312 e. The second kappa shape index (κ2) is 9.31. The minimum absolute atomic E-state index is 0.0153. The second-order valence-corrected chi connectivity index (χ2v) is 10.2. The SMILES string of the molecule is Cc1cc(CNC(=O)C2N=C3N(CC4(F)CCC3(N(C)C(=O)C(=O)N(C)C)CC4)C(=O)C2=O)ccc1F. The molecule has 1 aromatic rings. The van der Waals surface area contributed by atoms with E-state index in [2.05, 4.69) is 10.3 Å². The van der Waals surface area contributed by atoms with Crippen molar-refractivity contribution in [1.29, 1.82) is 0 Å². The molecular formula is C25H29F2N5O5. The normalized spacial score (nSPS) is 26.7. The molecule has 3 aliphatic heterocycles. The van der Waals surface area contributed by atoms with E-state index < -0.39 is 59.0 Å². The molecule has 4 aliphatic rings. The van der Waals surface area contributed by atoms with Gasteiger partial charge >= 0.3 is 11.8 Å². The number of fused-ring (bicyclic) bond motifs is 2. The van der Waals surface area contributed by atoms with Crippen molar-refractivity contribution in [1.82, 2.24) is 20.0 Å². The second-order valence-electron chi connectivity index (χ2n) is 10.2. The number of halogens is 2.